The molecule has 0 amide bonds. The van der Waals surface area contributed by atoms with Gasteiger partial charge in [0.25, 0.3) is 0 Å². The van der Waals surface area contributed by atoms with E-state index in [1.54, 1.807) is 19.1 Å². The second kappa shape index (κ2) is 4.49. The summed E-state index contributed by atoms with van der Waals surface area (Å²) in [5.74, 6) is 0.462. The molecule has 2 aromatic rings. The van der Waals surface area contributed by atoms with Gasteiger partial charge in [-0.25, -0.2) is 0 Å². The standard InChI is InChI=1S/C16H14O4/c1-9-13-6-11(10-2-4-12(17)5-3-10)8-20-15(13)7-14(18)16(9)19/h2-7,17-19H,8H2,1H3. The Morgan fingerprint density at radius 2 is 1.75 bits per heavy atom. The highest BCUT2D eigenvalue weighted by molar-refractivity contribution is 5.87. The number of fused-ring (bicyclic) bond motifs is 1. The van der Waals surface area contributed by atoms with Crippen molar-refractivity contribution >= 4 is 11.6 Å². The van der Waals surface area contributed by atoms with Gasteiger partial charge in [0.1, 0.15) is 18.1 Å². The van der Waals surface area contributed by atoms with Gasteiger partial charge in [-0.1, -0.05) is 12.1 Å². The predicted molar refractivity (Wildman–Crippen MR) is 76.0 cm³/mol. The number of aromatic hydroxyl groups is 3. The number of hydrogen-bond donors (Lipinski definition) is 3. The van der Waals surface area contributed by atoms with E-state index in [1.165, 1.54) is 6.07 Å². The van der Waals surface area contributed by atoms with Crippen molar-refractivity contribution in [2.75, 3.05) is 6.61 Å². The molecule has 0 bridgehead atoms. The molecule has 3 rings (SSSR count). The number of ether oxygens (including phenoxy) is 1. The number of phenolic OH excluding ortho intramolecular Hbond substituents is 3. The maximum atomic E-state index is 9.79. The fourth-order valence-corrected chi connectivity index (χ4v) is 2.29. The van der Waals surface area contributed by atoms with Crippen LogP contribution in [0, 0.1) is 6.92 Å². The molecular weight excluding hydrogens is 256 g/mol. The lowest BCUT2D eigenvalue weighted by Crippen LogP contribution is -2.07. The summed E-state index contributed by atoms with van der Waals surface area (Å²) in [6, 6.07) is 8.28. The normalized spacial score (nSPS) is 13.3. The summed E-state index contributed by atoms with van der Waals surface area (Å²) in [6.07, 6.45) is 1.93. The Morgan fingerprint density at radius 1 is 1.05 bits per heavy atom. The fraction of sp³-hybridized carbons (Fsp3) is 0.125. The molecule has 4 heteroatoms. The molecule has 4 nitrogen and oxygen atoms in total. The van der Waals surface area contributed by atoms with Crippen LogP contribution in [-0.2, 0) is 0 Å². The predicted octanol–water partition coefficient (Wildman–Crippen LogP) is 3.04. The van der Waals surface area contributed by atoms with E-state index in [1.807, 2.05) is 18.2 Å². The Labute approximate surface area is 116 Å². The molecule has 0 aromatic heterocycles. The van der Waals surface area contributed by atoms with Gasteiger partial charge in [0, 0.05) is 17.2 Å². The fourth-order valence-electron chi connectivity index (χ4n) is 2.29. The van der Waals surface area contributed by atoms with Crippen LogP contribution in [0.15, 0.2) is 30.3 Å². The summed E-state index contributed by atoms with van der Waals surface area (Å²) < 4.78 is 5.64. The lowest BCUT2D eigenvalue weighted by Gasteiger charge is -2.21. The summed E-state index contributed by atoms with van der Waals surface area (Å²) in [4.78, 5) is 0. The van der Waals surface area contributed by atoms with Crippen LogP contribution in [-0.4, -0.2) is 21.9 Å². The van der Waals surface area contributed by atoms with Crippen LogP contribution in [0.1, 0.15) is 16.7 Å². The zero-order chi connectivity index (χ0) is 14.3. The summed E-state index contributed by atoms with van der Waals surface area (Å²) in [7, 11) is 0. The molecule has 102 valence electrons. The minimum atomic E-state index is -0.178. The van der Waals surface area contributed by atoms with E-state index in [0.717, 1.165) is 16.7 Å². The molecule has 1 aliphatic rings. The summed E-state index contributed by atoms with van der Waals surface area (Å²) in [6.45, 7) is 2.11. The molecule has 0 saturated carbocycles. The molecule has 0 unspecified atom stereocenters. The Bertz CT molecular complexity index is 699. The maximum Gasteiger partial charge on any atom is 0.161 e. The van der Waals surface area contributed by atoms with Gasteiger partial charge in [0.05, 0.1) is 0 Å². The van der Waals surface area contributed by atoms with Crippen LogP contribution in [0.3, 0.4) is 0 Å². The molecule has 1 aliphatic heterocycles. The second-order valence-corrected chi connectivity index (χ2v) is 4.79. The van der Waals surface area contributed by atoms with Crippen molar-refractivity contribution in [2.45, 2.75) is 6.92 Å². The summed E-state index contributed by atoms with van der Waals surface area (Å²) >= 11 is 0. The molecule has 20 heavy (non-hydrogen) atoms. The van der Waals surface area contributed by atoms with Crippen molar-refractivity contribution in [3.63, 3.8) is 0 Å². The highest BCUT2D eigenvalue weighted by Crippen LogP contribution is 2.41. The monoisotopic (exact) mass is 270 g/mol. The van der Waals surface area contributed by atoms with E-state index in [9.17, 15) is 15.3 Å². The lowest BCUT2D eigenvalue weighted by molar-refractivity contribution is 0.354. The van der Waals surface area contributed by atoms with Gasteiger partial charge >= 0.3 is 0 Å². The zero-order valence-electron chi connectivity index (χ0n) is 10.9. The average molecular weight is 270 g/mol. The molecule has 1 heterocycles. The largest absolute Gasteiger partial charge is 0.508 e. The number of rotatable bonds is 1. The van der Waals surface area contributed by atoms with Crippen molar-refractivity contribution in [3.8, 4) is 23.0 Å². The van der Waals surface area contributed by atoms with Gasteiger partial charge < -0.3 is 20.1 Å². The van der Waals surface area contributed by atoms with E-state index in [2.05, 4.69) is 0 Å². The molecule has 0 aliphatic carbocycles. The minimum Gasteiger partial charge on any atom is -0.508 e. The van der Waals surface area contributed by atoms with Crippen molar-refractivity contribution in [1.82, 2.24) is 0 Å². The third kappa shape index (κ3) is 1.95. The van der Waals surface area contributed by atoms with Gasteiger partial charge in [-0.15, -0.1) is 0 Å². The van der Waals surface area contributed by atoms with Crippen LogP contribution >= 0.6 is 0 Å². The Balaban J connectivity index is 2.10. The molecule has 3 N–H and O–H groups in total. The zero-order valence-corrected chi connectivity index (χ0v) is 10.9. The third-order valence-electron chi connectivity index (χ3n) is 3.47. The van der Waals surface area contributed by atoms with Crippen LogP contribution in [0.25, 0.3) is 11.6 Å². The van der Waals surface area contributed by atoms with Crippen LogP contribution in [0.4, 0.5) is 0 Å². The molecule has 0 saturated heterocycles. The first-order valence-electron chi connectivity index (χ1n) is 6.24. The van der Waals surface area contributed by atoms with Crippen LogP contribution in [0.5, 0.6) is 23.0 Å². The van der Waals surface area contributed by atoms with Crippen molar-refractivity contribution < 1.29 is 20.1 Å². The van der Waals surface area contributed by atoms with Gasteiger partial charge in [-0.3, -0.25) is 0 Å². The number of benzene rings is 2. The first-order chi connectivity index (χ1) is 9.56. The molecular formula is C16H14O4. The molecule has 0 atom stereocenters. The first kappa shape index (κ1) is 12.4. The van der Waals surface area contributed by atoms with Gasteiger partial charge in [0.2, 0.25) is 0 Å². The Hall–Kier alpha value is -2.62. The van der Waals surface area contributed by atoms with Crippen molar-refractivity contribution in [2.24, 2.45) is 0 Å². The Kier molecular flexibility index (Phi) is 2.79. The van der Waals surface area contributed by atoms with E-state index in [0.29, 0.717) is 17.9 Å². The highest BCUT2D eigenvalue weighted by Gasteiger charge is 2.19. The quantitative estimate of drug-likeness (QED) is 0.697. The minimum absolute atomic E-state index is 0.129. The average Bonchev–Trinajstić information content (AvgIpc) is 2.46. The van der Waals surface area contributed by atoms with E-state index >= 15 is 0 Å². The molecule has 0 radical (unpaired) electrons. The molecule has 0 spiro atoms. The van der Waals surface area contributed by atoms with Crippen molar-refractivity contribution in [1.29, 1.82) is 0 Å². The number of phenols is 3. The smallest absolute Gasteiger partial charge is 0.161 e. The van der Waals surface area contributed by atoms with Gasteiger partial charge in [-0.2, -0.15) is 0 Å². The SMILES string of the molecule is Cc1c(O)c(O)cc2c1C=C(c1ccc(O)cc1)CO2. The summed E-state index contributed by atoms with van der Waals surface area (Å²) in [5.41, 5.74) is 3.23. The molecule has 0 fully saturated rings. The lowest BCUT2D eigenvalue weighted by atomic mass is 9.97. The second-order valence-electron chi connectivity index (χ2n) is 4.79. The topological polar surface area (TPSA) is 69.9 Å². The van der Waals surface area contributed by atoms with E-state index in [-0.39, 0.29) is 17.2 Å². The number of hydrogen-bond acceptors (Lipinski definition) is 4. The van der Waals surface area contributed by atoms with E-state index < -0.39 is 0 Å². The first-order valence-corrected chi connectivity index (χ1v) is 6.24. The van der Waals surface area contributed by atoms with E-state index in [4.69, 9.17) is 4.74 Å². The Morgan fingerprint density at radius 3 is 2.45 bits per heavy atom. The van der Waals surface area contributed by atoms with Crippen LogP contribution in [0.2, 0.25) is 0 Å². The maximum absolute atomic E-state index is 9.79. The van der Waals surface area contributed by atoms with Crippen LogP contribution < -0.4 is 4.74 Å². The third-order valence-corrected chi connectivity index (χ3v) is 3.47. The summed E-state index contributed by atoms with van der Waals surface area (Å²) in [5, 5.41) is 28.7. The highest BCUT2D eigenvalue weighted by atomic mass is 16.5. The van der Waals surface area contributed by atoms with Crippen molar-refractivity contribution in [3.05, 3.63) is 47.0 Å². The van der Waals surface area contributed by atoms with Gasteiger partial charge in [0.15, 0.2) is 11.5 Å². The molecule has 2 aromatic carbocycles. The van der Waals surface area contributed by atoms with Gasteiger partial charge in [-0.05, 0) is 36.3 Å².